The third-order valence-corrected chi connectivity index (χ3v) is 6.09. The SMILES string of the molecule is CC(C)(C)c1ccc(C(N)C2CC3CC3C2)s1. The van der Waals surface area contributed by atoms with Crippen molar-refractivity contribution in [3.05, 3.63) is 21.9 Å². The molecular weight excluding hydrogens is 226 g/mol. The smallest absolute Gasteiger partial charge is 0.0418 e. The van der Waals surface area contributed by atoms with Gasteiger partial charge in [-0.25, -0.2) is 0 Å². The van der Waals surface area contributed by atoms with Gasteiger partial charge in [-0.3, -0.25) is 0 Å². The molecule has 2 N–H and O–H groups in total. The highest BCUT2D eigenvalue weighted by molar-refractivity contribution is 7.12. The number of hydrogen-bond donors (Lipinski definition) is 1. The van der Waals surface area contributed by atoms with Gasteiger partial charge in [0.2, 0.25) is 0 Å². The molecule has 2 aliphatic rings. The van der Waals surface area contributed by atoms with Crippen molar-refractivity contribution in [2.75, 3.05) is 0 Å². The van der Waals surface area contributed by atoms with Crippen LogP contribution in [0.3, 0.4) is 0 Å². The normalized spacial score (nSPS) is 33.5. The molecule has 1 aromatic rings. The Balaban J connectivity index is 1.73. The lowest BCUT2D eigenvalue weighted by atomic mass is 9.93. The van der Waals surface area contributed by atoms with Crippen LogP contribution in [0.15, 0.2) is 12.1 Å². The molecule has 3 atom stereocenters. The van der Waals surface area contributed by atoms with Crippen LogP contribution in [0.25, 0.3) is 0 Å². The average molecular weight is 249 g/mol. The Morgan fingerprint density at radius 3 is 2.35 bits per heavy atom. The topological polar surface area (TPSA) is 26.0 Å². The van der Waals surface area contributed by atoms with Crippen LogP contribution in [-0.4, -0.2) is 0 Å². The summed E-state index contributed by atoms with van der Waals surface area (Å²) in [6.45, 7) is 6.83. The van der Waals surface area contributed by atoms with Crippen molar-refractivity contribution >= 4 is 11.3 Å². The maximum Gasteiger partial charge on any atom is 0.0418 e. The van der Waals surface area contributed by atoms with E-state index in [0.717, 1.165) is 17.8 Å². The minimum Gasteiger partial charge on any atom is -0.323 e. The highest BCUT2D eigenvalue weighted by Crippen LogP contribution is 2.57. The van der Waals surface area contributed by atoms with Crippen LogP contribution in [0.1, 0.15) is 55.8 Å². The maximum absolute atomic E-state index is 6.45. The molecule has 2 saturated carbocycles. The maximum atomic E-state index is 6.45. The molecule has 1 aromatic heterocycles. The van der Waals surface area contributed by atoms with Crippen LogP contribution in [0.5, 0.6) is 0 Å². The van der Waals surface area contributed by atoms with Crippen LogP contribution in [0, 0.1) is 17.8 Å². The van der Waals surface area contributed by atoms with Crippen LogP contribution < -0.4 is 5.73 Å². The lowest BCUT2D eigenvalue weighted by Crippen LogP contribution is -2.19. The zero-order valence-electron chi connectivity index (χ0n) is 11.1. The van der Waals surface area contributed by atoms with Gasteiger partial charge in [0.1, 0.15) is 0 Å². The second kappa shape index (κ2) is 3.83. The number of hydrogen-bond acceptors (Lipinski definition) is 2. The number of thiophene rings is 1. The molecule has 3 unspecified atom stereocenters. The van der Waals surface area contributed by atoms with E-state index >= 15 is 0 Å². The van der Waals surface area contributed by atoms with Gasteiger partial charge in [-0.2, -0.15) is 0 Å². The summed E-state index contributed by atoms with van der Waals surface area (Å²) in [5.74, 6) is 2.83. The number of nitrogens with two attached hydrogens (primary N) is 1. The molecule has 94 valence electrons. The molecule has 2 fully saturated rings. The Hall–Kier alpha value is -0.340. The minimum atomic E-state index is 0.264. The molecule has 2 heteroatoms. The second-order valence-corrected chi connectivity index (χ2v) is 8.08. The molecule has 0 aliphatic heterocycles. The van der Waals surface area contributed by atoms with E-state index in [2.05, 4.69) is 32.9 Å². The first-order valence-corrected chi connectivity index (χ1v) is 7.62. The predicted octanol–water partition coefficient (Wildman–Crippen LogP) is 4.09. The summed E-state index contributed by atoms with van der Waals surface area (Å²) in [6, 6.07) is 4.83. The standard InChI is InChI=1S/C15H23NS/c1-15(2,3)13-5-4-12(17-13)14(16)11-7-9-6-10(9)8-11/h4-5,9-11,14H,6-8,16H2,1-3H3. The first-order chi connectivity index (χ1) is 7.95. The molecule has 0 bridgehead atoms. The number of fused-ring (bicyclic) bond motifs is 1. The van der Waals surface area contributed by atoms with Gasteiger partial charge in [-0.1, -0.05) is 20.8 Å². The van der Waals surface area contributed by atoms with Crippen molar-refractivity contribution in [1.82, 2.24) is 0 Å². The van der Waals surface area contributed by atoms with Gasteiger partial charge >= 0.3 is 0 Å². The highest BCUT2D eigenvalue weighted by atomic mass is 32.1. The fourth-order valence-electron chi connectivity index (χ4n) is 3.22. The van der Waals surface area contributed by atoms with Crippen LogP contribution in [0.4, 0.5) is 0 Å². The summed E-state index contributed by atoms with van der Waals surface area (Å²) < 4.78 is 0. The Morgan fingerprint density at radius 1 is 1.18 bits per heavy atom. The molecule has 0 radical (unpaired) electrons. The van der Waals surface area contributed by atoms with Crippen molar-refractivity contribution in [3.63, 3.8) is 0 Å². The van der Waals surface area contributed by atoms with Gasteiger partial charge in [0.15, 0.2) is 0 Å². The first-order valence-electron chi connectivity index (χ1n) is 6.81. The van der Waals surface area contributed by atoms with Gasteiger partial charge < -0.3 is 5.73 Å². The van der Waals surface area contributed by atoms with Crippen LogP contribution in [0.2, 0.25) is 0 Å². The van der Waals surface area contributed by atoms with E-state index in [1.165, 1.54) is 29.0 Å². The van der Waals surface area contributed by atoms with Gasteiger partial charge in [0, 0.05) is 15.8 Å². The molecular formula is C15H23NS. The van der Waals surface area contributed by atoms with E-state index in [1.807, 2.05) is 11.3 Å². The van der Waals surface area contributed by atoms with Gasteiger partial charge in [-0.15, -0.1) is 11.3 Å². The van der Waals surface area contributed by atoms with Gasteiger partial charge in [0.05, 0.1) is 0 Å². The Bertz CT molecular complexity index is 405. The van der Waals surface area contributed by atoms with Crippen molar-refractivity contribution in [1.29, 1.82) is 0 Å². The molecule has 17 heavy (non-hydrogen) atoms. The Morgan fingerprint density at radius 2 is 1.82 bits per heavy atom. The van der Waals surface area contributed by atoms with Crippen LogP contribution >= 0.6 is 11.3 Å². The van der Waals surface area contributed by atoms with E-state index in [9.17, 15) is 0 Å². The summed E-state index contributed by atoms with van der Waals surface area (Å²) in [6.07, 6.45) is 4.25. The van der Waals surface area contributed by atoms with E-state index < -0.39 is 0 Å². The number of rotatable bonds is 2. The van der Waals surface area contributed by atoms with Crippen molar-refractivity contribution in [3.8, 4) is 0 Å². The lowest BCUT2D eigenvalue weighted by molar-refractivity contribution is 0.408. The van der Waals surface area contributed by atoms with Crippen molar-refractivity contribution in [2.45, 2.75) is 51.5 Å². The molecule has 0 amide bonds. The zero-order chi connectivity index (χ0) is 12.2. The largest absolute Gasteiger partial charge is 0.323 e. The minimum absolute atomic E-state index is 0.264. The molecule has 1 nitrogen and oxygen atoms in total. The summed E-state index contributed by atoms with van der Waals surface area (Å²) in [7, 11) is 0. The molecule has 0 saturated heterocycles. The Labute approximate surface area is 108 Å². The highest BCUT2D eigenvalue weighted by Gasteiger charge is 2.47. The lowest BCUT2D eigenvalue weighted by Gasteiger charge is -2.20. The molecule has 1 heterocycles. The van der Waals surface area contributed by atoms with E-state index in [1.54, 1.807) is 0 Å². The van der Waals surface area contributed by atoms with E-state index in [4.69, 9.17) is 5.73 Å². The third kappa shape index (κ3) is 2.17. The first kappa shape index (κ1) is 11.7. The Kier molecular flexibility index (Phi) is 2.64. The molecule has 0 spiro atoms. The third-order valence-electron chi connectivity index (χ3n) is 4.48. The fourth-order valence-corrected chi connectivity index (χ4v) is 4.38. The molecule has 3 rings (SSSR count). The van der Waals surface area contributed by atoms with Crippen molar-refractivity contribution in [2.24, 2.45) is 23.5 Å². The van der Waals surface area contributed by atoms with Gasteiger partial charge in [0.25, 0.3) is 0 Å². The van der Waals surface area contributed by atoms with E-state index in [0.29, 0.717) is 6.04 Å². The monoisotopic (exact) mass is 249 g/mol. The fraction of sp³-hybridized carbons (Fsp3) is 0.733. The predicted molar refractivity (Wildman–Crippen MR) is 74.3 cm³/mol. The second-order valence-electron chi connectivity index (χ2n) is 6.97. The van der Waals surface area contributed by atoms with Crippen LogP contribution in [-0.2, 0) is 5.41 Å². The quantitative estimate of drug-likeness (QED) is 0.839. The van der Waals surface area contributed by atoms with Crippen molar-refractivity contribution < 1.29 is 0 Å². The zero-order valence-corrected chi connectivity index (χ0v) is 11.9. The molecule has 0 aromatic carbocycles. The van der Waals surface area contributed by atoms with E-state index in [-0.39, 0.29) is 5.41 Å². The summed E-state index contributed by atoms with van der Waals surface area (Å²) in [4.78, 5) is 2.87. The summed E-state index contributed by atoms with van der Waals surface area (Å²) >= 11 is 1.93. The summed E-state index contributed by atoms with van der Waals surface area (Å²) in [5.41, 5.74) is 6.71. The summed E-state index contributed by atoms with van der Waals surface area (Å²) in [5, 5.41) is 0. The van der Waals surface area contributed by atoms with Gasteiger partial charge in [-0.05, 0) is 54.6 Å². The molecule has 2 aliphatic carbocycles. The average Bonchev–Trinajstić information content (AvgIpc) is 2.71.